The van der Waals surface area contributed by atoms with Gasteiger partial charge in [0, 0.05) is 44.1 Å². The average molecular weight is 593 g/mol. The normalized spacial score (nSPS) is 10.7. The minimum absolute atomic E-state index is 0.0792. The molecule has 0 N–H and O–H groups in total. The molecule has 4 aromatic rings. The fourth-order valence-corrected chi connectivity index (χ4v) is 4.99. The van der Waals surface area contributed by atoms with Gasteiger partial charge in [-0.2, -0.15) is 0 Å². The molecule has 14 heteroatoms. The lowest BCUT2D eigenvalue weighted by atomic mass is 10.1. The van der Waals surface area contributed by atoms with E-state index in [9.17, 15) is 25.9 Å². The lowest BCUT2D eigenvalue weighted by Gasteiger charge is -2.14. The fraction of sp³-hybridized carbons (Fsp3) is 0.0833. The van der Waals surface area contributed by atoms with Gasteiger partial charge in [0.15, 0.2) is 9.95 Å². The predicted molar refractivity (Wildman–Crippen MR) is 142 cm³/mol. The number of rotatable bonds is 2. The van der Waals surface area contributed by atoms with Crippen LogP contribution in [-0.2, 0) is 20.2 Å². The van der Waals surface area contributed by atoms with Gasteiger partial charge in [-0.1, -0.05) is 47.5 Å². The van der Waals surface area contributed by atoms with Crippen molar-refractivity contribution in [3.8, 4) is 0 Å². The Balaban J connectivity index is 0.000000216. The van der Waals surface area contributed by atoms with Crippen LogP contribution in [0.2, 0.25) is 10.0 Å². The van der Waals surface area contributed by atoms with Crippen molar-refractivity contribution >= 4 is 65.6 Å². The van der Waals surface area contributed by atoms with Gasteiger partial charge in [0.1, 0.15) is 20.2 Å². The summed E-state index contributed by atoms with van der Waals surface area (Å²) in [4.78, 5) is 5.00. The standard InChI is InChI=1S/C10H8O6S2.2C7H6ClN2/c11-17(12,13)9-5-1-3-7-8(9)4-2-6-10(7)18(14,15)16;2*1-5-4-6(8)2-3-7(5)10-9/h1-6H,(H,11,12,13)(H,14,15,16);2*2-4H,1H3/q;2*+1/p-2. The summed E-state index contributed by atoms with van der Waals surface area (Å²) < 4.78 is 66.1. The smallest absolute Gasteiger partial charge is 0.388 e. The zero-order valence-electron chi connectivity index (χ0n) is 19.7. The van der Waals surface area contributed by atoms with Gasteiger partial charge in [-0.05, 0) is 50.2 Å². The maximum absolute atomic E-state index is 11.0. The Morgan fingerprint density at radius 1 is 0.632 bits per heavy atom. The molecule has 0 fully saturated rings. The summed E-state index contributed by atoms with van der Waals surface area (Å²) in [6.45, 7) is 3.67. The van der Waals surface area contributed by atoms with E-state index in [1.54, 1.807) is 36.4 Å². The molecule has 0 aliphatic rings. The van der Waals surface area contributed by atoms with E-state index in [-0.39, 0.29) is 10.8 Å². The maximum atomic E-state index is 11.0. The van der Waals surface area contributed by atoms with Crippen LogP contribution in [0.3, 0.4) is 0 Å². The second kappa shape index (κ2) is 12.8. The topological polar surface area (TPSA) is 171 Å². The molecule has 4 aromatic carbocycles. The Kier molecular flexibility index (Phi) is 10.3. The van der Waals surface area contributed by atoms with Crippen LogP contribution in [0.5, 0.6) is 0 Å². The largest absolute Gasteiger partial charge is 0.744 e. The van der Waals surface area contributed by atoms with Crippen molar-refractivity contribution in [2.45, 2.75) is 23.6 Å². The van der Waals surface area contributed by atoms with E-state index in [0.29, 0.717) is 21.4 Å². The molecular weight excluding hydrogens is 575 g/mol. The molecule has 196 valence electrons. The molecule has 0 saturated heterocycles. The molecule has 0 bridgehead atoms. The fourth-order valence-electron chi connectivity index (χ4n) is 3.15. The quantitative estimate of drug-likeness (QED) is 0.178. The second-order valence-electron chi connectivity index (χ2n) is 7.58. The van der Waals surface area contributed by atoms with Crippen LogP contribution >= 0.6 is 23.2 Å². The summed E-state index contributed by atoms with van der Waals surface area (Å²) >= 11 is 11.3. The third-order valence-electron chi connectivity index (χ3n) is 4.91. The van der Waals surface area contributed by atoms with Crippen molar-refractivity contribution < 1.29 is 25.9 Å². The van der Waals surface area contributed by atoms with Crippen LogP contribution in [0.15, 0.2) is 82.6 Å². The highest BCUT2D eigenvalue weighted by Gasteiger charge is 2.12. The summed E-state index contributed by atoms with van der Waals surface area (Å²) in [7, 11) is -9.48. The number of fused-ring (bicyclic) bond motifs is 1. The lowest BCUT2D eigenvalue weighted by molar-refractivity contribution is 0.461. The molecule has 0 heterocycles. The van der Waals surface area contributed by atoms with Gasteiger partial charge in [0.25, 0.3) is 0 Å². The van der Waals surface area contributed by atoms with Gasteiger partial charge in [0.05, 0.1) is 9.79 Å². The Hall–Kier alpha value is -3.62. The average Bonchev–Trinajstić information content (AvgIpc) is 2.83. The van der Waals surface area contributed by atoms with Crippen molar-refractivity contribution in [1.82, 2.24) is 0 Å². The molecule has 10 nitrogen and oxygen atoms in total. The molecule has 0 unspecified atom stereocenters. The Morgan fingerprint density at radius 2 is 0.974 bits per heavy atom. The van der Waals surface area contributed by atoms with Gasteiger partial charge in [-0.3, -0.25) is 0 Å². The summed E-state index contributed by atoms with van der Waals surface area (Å²) in [5.74, 6) is 0. The predicted octanol–water partition coefficient (Wildman–Crippen LogP) is 6.91. The summed E-state index contributed by atoms with van der Waals surface area (Å²) in [6.07, 6.45) is 0. The van der Waals surface area contributed by atoms with Gasteiger partial charge in [-0.25, -0.2) is 16.8 Å². The highest BCUT2D eigenvalue weighted by molar-refractivity contribution is 7.86. The van der Waals surface area contributed by atoms with Gasteiger partial charge in [0.2, 0.25) is 10.8 Å². The van der Waals surface area contributed by atoms with Gasteiger partial charge in [-0.15, -0.1) is 0 Å². The second-order valence-corrected chi connectivity index (χ2v) is 11.1. The first-order chi connectivity index (χ1) is 17.7. The SMILES string of the molecule is Cc1cc(Cl)ccc1[N+]#N.Cc1cc(Cl)ccc1[N+]#N.O=S(=O)([O-])c1cccc2c(S(=O)(=O)[O-])cccc12. The van der Waals surface area contributed by atoms with Crippen LogP contribution in [0, 0.1) is 24.6 Å². The van der Waals surface area contributed by atoms with Gasteiger partial charge < -0.3 is 9.11 Å². The minimum atomic E-state index is -4.74. The zero-order chi connectivity index (χ0) is 28.7. The molecule has 0 aromatic heterocycles. The number of hydrogen-bond donors (Lipinski definition) is 0. The molecule has 38 heavy (non-hydrogen) atoms. The first kappa shape index (κ1) is 30.6. The molecular formula is C24H18Cl2N4O6S2. The van der Waals surface area contributed by atoms with E-state index in [0.717, 1.165) is 23.3 Å². The van der Waals surface area contributed by atoms with E-state index in [1.165, 1.54) is 24.3 Å². The van der Waals surface area contributed by atoms with E-state index in [2.05, 4.69) is 9.95 Å². The highest BCUT2D eigenvalue weighted by Crippen LogP contribution is 2.28. The number of hydrogen-bond acceptors (Lipinski definition) is 8. The third-order valence-corrected chi connectivity index (χ3v) is 7.17. The minimum Gasteiger partial charge on any atom is -0.744 e. The van der Waals surface area contributed by atoms with Crippen LogP contribution in [-0.4, -0.2) is 25.9 Å². The van der Waals surface area contributed by atoms with Crippen LogP contribution in [0.25, 0.3) is 20.7 Å². The van der Waals surface area contributed by atoms with Crippen molar-refractivity contribution in [3.05, 3.63) is 104 Å². The molecule has 0 saturated carbocycles. The van der Waals surface area contributed by atoms with Crippen molar-refractivity contribution in [1.29, 1.82) is 10.8 Å². The maximum Gasteiger partial charge on any atom is 0.388 e. The Bertz CT molecular complexity index is 1670. The van der Waals surface area contributed by atoms with Crippen molar-refractivity contribution in [2.24, 2.45) is 0 Å². The van der Waals surface area contributed by atoms with Crippen molar-refractivity contribution in [2.75, 3.05) is 0 Å². The summed E-state index contributed by atoms with van der Waals surface area (Å²) in [6, 6.07) is 17.3. The van der Waals surface area contributed by atoms with E-state index in [1.807, 2.05) is 13.8 Å². The van der Waals surface area contributed by atoms with Crippen LogP contribution in [0.1, 0.15) is 11.1 Å². The summed E-state index contributed by atoms with van der Waals surface area (Å²) in [5, 5.41) is 17.9. The van der Waals surface area contributed by atoms with E-state index < -0.39 is 30.0 Å². The first-order valence-corrected chi connectivity index (χ1v) is 13.9. The van der Waals surface area contributed by atoms with Crippen molar-refractivity contribution in [3.63, 3.8) is 0 Å². The highest BCUT2D eigenvalue weighted by atomic mass is 35.5. The third kappa shape index (κ3) is 8.19. The number of benzene rings is 4. The molecule has 0 spiro atoms. The first-order valence-electron chi connectivity index (χ1n) is 10.3. The number of aryl methyl sites for hydroxylation is 2. The monoisotopic (exact) mass is 592 g/mol. The van der Waals surface area contributed by atoms with Gasteiger partial charge >= 0.3 is 11.4 Å². The Morgan fingerprint density at radius 3 is 1.24 bits per heavy atom. The van der Waals surface area contributed by atoms with E-state index >= 15 is 0 Å². The number of nitrogens with zero attached hydrogens (tertiary/aromatic N) is 4. The molecule has 0 atom stereocenters. The molecule has 4 rings (SSSR count). The number of halogens is 2. The zero-order valence-corrected chi connectivity index (χ0v) is 22.9. The molecule has 0 aliphatic heterocycles. The van der Waals surface area contributed by atoms with Crippen LogP contribution < -0.4 is 0 Å². The number of diazo groups is 2. The molecule has 0 amide bonds. The lowest BCUT2D eigenvalue weighted by Crippen LogP contribution is -2.03. The molecule has 0 radical (unpaired) electrons. The molecule has 0 aliphatic carbocycles. The van der Waals surface area contributed by atoms with Crippen LogP contribution in [0.4, 0.5) is 11.4 Å². The summed E-state index contributed by atoms with van der Waals surface area (Å²) in [5.41, 5.74) is 2.86. The Labute approximate surface area is 229 Å². The van der Waals surface area contributed by atoms with E-state index in [4.69, 9.17) is 34.0 Å².